The third kappa shape index (κ3) is 4.12. The van der Waals surface area contributed by atoms with Crippen molar-refractivity contribution < 1.29 is 4.42 Å². The van der Waals surface area contributed by atoms with Crippen molar-refractivity contribution in [3.05, 3.63) is 182 Å². The Morgan fingerprint density at radius 2 is 0.902 bits per heavy atom. The van der Waals surface area contributed by atoms with Gasteiger partial charge in [0.2, 0.25) is 0 Å². The Morgan fingerprint density at radius 1 is 0.333 bits per heavy atom. The maximum Gasteiger partial charge on any atom is 0.143 e. The summed E-state index contributed by atoms with van der Waals surface area (Å²) in [6.45, 7) is 0. The number of fused-ring (bicyclic) bond motifs is 10. The van der Waals surface area contributed by atoms with Crippen LogP contribution in [-0.4, -0.2) is 9.13 Å². The Hall–Kier alpha value is -6.84. The summed E-state index contributed by atoms with van der Waals surface area (Å²) < 4.78 is 11.3. The summed E-state index contributed by atoms with van der Waals surface area (Å²) in [6, 6.07) is 65.4. The first kappa shape index (κ1) is 28.0. The Morgan fingerprint density at radius 3 is 1.63 bits per heavy atom. The van der Waals surface area contributed by atoms with Gasteiger partial charge in [-0.3, -0.25) is 0 Å². The summed E-state index contributed by atoms with van der Waals surface area (Å²) in [6.07, 6.45) is 0. The molecule has 0 aliphatic carbocycles. The fraction of sp³-hybridized carbons (Fsp3) is 0. The summed E-state index contributed by atoms with van der Waals surface area (Å²) in [7, 11) is 0. The monoisotopic (exact) mass is 650 g/mol. The lowest BCUT2D eigenvalue weighted by Gasteiger charge is -2.14. The summed E-state index contributed by atoms with van der Waals surface area (Å²) in [5, 5.41) is 7.23. The zero-order valence-electron chi connectivity index (χ0n) is 27.6. The van der Waals surface area contributed by atoms with Crippen LogP contribution in [0.3, 0.4) is 0 Å². The predicted octanol–water partition coefficient (Wildman–Crippen LogP) is 13.1. The highest BCUT2D eigenvalue weighted by Crippen LogP contribution is 2.43. The average Bonchev–Trinajstić information content (AvgIpc) is 3.86. The van der Waals surface area contributed by atoms with Crippen molar-refractivity contribution in [2.75, 3.05) is 0 Å². The number of furan rings is 1. The fourth-order valence-electron chi connectivity index (χ4n) is 8.26. The molecule has 11 rings (SSSR count). The van der Waals surface area contributed by atoms with Gasteiger partial charge in [-0.05, 0) is 59.2 Å². The maximum absolute atomic E-state index is 6.42. The summed E-state index contributed by atoms with van der Waals surface area (Å²) in [4.78, 5) is 0. The third-order valence-corrected chi connectivity index (χ3v) is 10.5. The number of rotatable bonds is 4. The van der Waals surface area contributed by atoms with Crippen LogP contribution in [-0.2, 0) is 0 Å². The van der Waals surface area contributed by atoms with Crippen LogP contribution < -0.4 is 0 Å². The molecule has 0 N–H and O–H groups in total. The topological polar surface area (TPSA) is 23.0 Å². The fourth-order valence-corrected chi connectivity index (χ4v) is 8.26. The van der Waals surface area contributed by atoms with E-state index in [4.69, 9.17) is 4.42 Å². The lowest BCUT2D eigenvalue weighted by Crippen LogP contribution is -1.99. The van der Waals surface area contributed by atoms with E-state index in [1.54, 1.807) is 0 Å². The second-order valence-electron chi connectivity index (χ2n) is 13.3. The molecule has 51 heavy (non-hydrogen) atoms. The van der Waals surface area contributed by atoms with Crippen LogP contribution in [0.4, 0.5) is 0 Å². The molecule has 0 fully saturated rings. The second kappa shape index (κ2) is 10.8. The van der Waals surface area contributed by atoms with Crippen LogP contribution in [0.5, 0.6) is 0 Å². The first-order valence-electron chi connectivity index (χ1n) is 17.4. The van der Waals surface area contributed by atoms with E-state index < -0.39 is 0 Å². The highest BCUT2D eigenvalue weighted by atomic mass is 16.3. The molecular weight excluding hydrogens is 621 g/mol. The van der Waals surface area contributed by atoms with Gasteiger partial charge < -0.3 is 13.6 Å². The van der Waals surface area contributed by atoms with Crippen molar-refractivity contribution in [2.45, 2.75) is 0 Å². The standard InChI is InChI=1S/C48H30N2O/c1-2-12-31(13-3-1)33-14-10-15-35(30-33)50-44-22-8-5-17-38(44)41-29-28-40-37-16-4-7-21-43(37)49(46(40)47(41)50)34-26-24-32(25-27-34)36-19-11-20-42-39-18-6-9-23-45(39)51-48(36)42/h1-30H. The first-order valence-corrected chi connectivity index (χ1v) is 17.4. The molecule has 3 aromatic heterocycles. The van der Waals surface area contributed by atoms with Crippen molar-refractivity contribution in [2.24, 2.45) is 0 Å². The molecule has 0 amide bonds. The van der Waals surface area contributed by atoms with Gasteiger partial charge in [0, 0.05) is 49.3 Å². The Kier molecular flexibility index (Phi) is 5.96. The zero-order valence-corrected chi connectivity index (χ0v) is 27.6. The molecule has 0 atom stereocenters. The van der Waals surface area contributed by atoms with Crippen LogP contribution in [0.25, 0.3) is 99.2 Å². The zero-order chi connectivity index (χ0) is 33.5. The molecule has 8 aromatic carbocycles. The third-order valence-electron chi connectivity index (χ3n) is 10.5. The van der Waals surface area contributed by atoms with Crippen molar-refractivity contribution in [3.8, 4) is 33.6 Å². The van der Waals surface area contributed by atoms with Gasteiger partial charge in [0.25, 0.3) is 0 Å². The predicted molar refractivity (Wildman–Crippen MR) is 213 cm³/mol. The van der Waals surface area contributed by atoms with Gasteiger partial charge >= 0.3 is 0 Å². The van der Waals surface area contributed by atoms with Crippen LogP contribution >= 0.6 is 0 Å². The molecule has 0 saturated carbocycles. The van der Waals surface area contributed by atoms with Gasteiger partial charge in [0.1, 0.15) is 11.2 Å². The minimum Gasteiger partial charge on any atom is -0.455 e. The molecule has 0 saturated heterocycles. The number of nitrogens with zero attached hydrogens (tertiary/aromatic N) is 2. The molecule has 0 spiro atoms. The lowest BCUT2D eigenvalue weighted by atomic mass is 10.0. The number of hydrogen-bond donors (Lipinski definition) is 0. The van der Waals surface area contributed by atoms with E-state index in [2.05, 4.69) is 179 Å². The molecule has 3 nitrogen and oxygen atoms in total. The van der Waals surface area contributed by atoms with E-state index >= 15 is 0 Å². The molecule has 0 aliphatic rings. The Labute approximate surface area is 293 Å². The van der Waals surface area contributed by atoms with Crippen LogP contribution in [0.15, 0.2) is 186 Å². The smallest absolute Gasteiger partial charge is 0.143 e. The molecule has 0 unspecified atom stereocenters. The average molecular weight is 651 g/mol. The first-order chi connectivity index (χ1) is 25.3. The van der Waals surface area contributed by atoms with Gasteiger partial charge in [-0.2, -0.15) is 0 Å². The van der Waals surface area contributed by atoms with E-state index in [-0.39, 0.29) is 0 Å². The maximum atomic E-state index is 6.42. The molecule has 0 bridgehead atoms. The Balaban J connectivity index is 1.18. The van der Waals surface area contributed by atoms with E-state index in [0.29, 0.717) is 0 Å². The van der Waals surface area contributed by atoms with Crippen molar-refractivity contribution in [1.29, 1.82) is 0 Å². The van der Waals surface area contributed by atoms with Crippen LogP contribution in [0.2, 0.25) is 0 Å². The quantitative estimate of drug-likeness (QED) is 0.186. The molecule has 11 aromatic rings. The number of aromatic nitrogens is 2. The molecule has 238 valence electrons. The van der Waals surface area contributed by atoms with Crippen molar-refractivity contribution in [3.63, 3.8) is 0 Å². The van der Waals surface area contributed by atoms with E-state index in [1.807, 2.05) is 12.1 Å². The highest BCUT2D eigenvalue weighted by Gasteiger charge is 2.21. The largest absolute Gasteiger partial charge is 0.455 e. The van der Waals surface area contributed by atoms with Crippen LogP contribution in [0.1, 0.15) is 0 Å². The molecule has 0 aliphatic heterocycles. The van der Waals surface area contributed by atoms with Gasteiger partial charge in [0.15, 0.2) is 0 Å². The highest BCUT2D eigenvalue weighted by molar-refractivity contribution is 6.24. The van der Waals surface area contributed by atoms with E-state index in [1.165, 1.54) is 54.7 Å². The molecule has 3 heteroatoms. The number of hydrogen-bond acceptors (Lipinski definition) is 1. The van der Waals surface area contributed by atoms with Gasteiger partial charge in [-0.1, -0.05) is 140 Å². The van der Waals surface area contributed by atoms with Crippen molar-refractivity contribution >= 4 is 65.6 Å². The number of para-hydroxylation sites is 4. The van der Waals surface area contributed by atoms with Gasteiger partial charge in [0.05, 0.1) is 22.1 Å². The van der Waals surface area contributed by atoms with Crippen molar-refractivity contribution in [1.82, 2.24) is 9.13 Å². The minimum absolute atomic E-state index is 0.913. The van der Waals surface area contributed by atoms with Gasteiger partial charge in [-0.15, -0.1) is 0 Å². The minimum atomic E-state index is 0.913. The SMILES string of the molecule is c1ccc(-c2cccc(-n3c4ccccc4c4ccc5c6ccccc6n(-c6ccc(-c7cccc8c7oc7ccccc78)cc6)c5c43)c2)cc1. The summed E-state index contributed by atoms with van der Waals surface area (Å²) >= 11 is 0. The molecule has 3 heterocycles. The van der Waals surface area contributed by atoms with Gasteiger partial charge in [-0.25, -0.2) is 0 Å². The summed E-state index contributed by atoms with van der Waals surface area (Å²) in [5.74, 6) is 0. The number of benzene rings is 8. The lowest BCUT2D eigenvalue weighted by molar-refractivity contribution is 0.670. The molecule has 0 radical (unpaired) electrons. The van der Waals surface area contributed by atoms with E-state index in [0.717, 1.165) is 44.4 Å². The second-order valence-corrected chi connectivity index (χ2v) is 13.3. The Bertz CT molecular complexity index is 3120. The van der Waals surface area contributed by atoms with E-state index in [9.17, 15) is 0 Å². The normalized spacial score (nSPS) is 11.9. The molecular formula is C48H30N2O. The van der Waals surface area contributed by atoms with Crippen LogP contribution in [0, 0.1) is 0 Å². The summed E-state index contributed by atoms with van der Waals surface area (Å²) in [5.41, 5.74) is 13.5.